The number of nitrogens with one attached hydrogen (secondary N) is 2. The van der Waals surface area contributed by atoms with Gasteiger partial charge in [-0.25, -0.2) is 4.79 Å². The maximum atomic E-state index is 12.4. The third-order valence-corrected chi connectivity index (χ3v) is 5.88. The van der Waals surface area contributed by atoms with Gasteiger partial charge in [0.05, 0.1) is 17.7 Å². The average molecular weight is 415 g/mol. The highest BCUT2D eigenvalue weighted by atomic mass is 16.6. The predicted molar refractivity (Wildman–Crippen MR) is 115 cm³/mol. The molecule has 3 rings (SSSR count). The van der Waals surface area contributed by atoms with Gasteiger partial charge in [-0.15, -0.1) is 0 Å². The van der Waals surface area contributed by atoms with Crippen molar-refractivity contribution >= 4 is 6.09 Å². The van der Waals surface area contributed by atoms with Crippen LogP contribution in [0.25, 0.3) is 0 Å². The summed E-state index contributed by atoms with van der Waals surface area (Å²) in [5, 5.41) is 15.4. The van der Waals surface area contributed by atoms with E-state index >= 15 is 0 Å². The quantitative estimate of drug-likeness (QED) is 0.714. The molecule has 7 heteroatoms. The highest BCUT2D eigenvalue weighted by Gasteiger charge is 2.41. The number of carbonyl (C=O) groups is 1. The lowest BCUT2D eigenvalue weighted by atomic mass is 9.92. The number of nitrogens with zero attached hydrogens (tertiary/aromatic N) is 2. The fourth-order valence-corrected chi connectivity index (χ4v) is 4.69. The molecule has 1 aliphatic heterocycles. The van der Waals surface area contributed by atoms with Gasteiger partial charge in [0.2, 0.25) is 0 Å². The number of amides is 1. The van der Waals surface area contributed by atoms with Crippen molar-refractivity contribution in [3.05, 3.63) is 29.8 Å². The zero-order valence-electron chi connectivity index (χ0n) is 18.5. The molecule has 2 bridgehead atoms. The molecule has 2 N–H and O–H groups in total. The molecule has 2 unspecified atom stereocenters. The van der Waals surface area contributed by atoms with E-state index in [1.807, 2.05) is 20.8 Å². The number of carbonyl (C=O) groups excluding carboxylic acids is 1. The van der Waals surface area contributed by atoms with Crippen LogP contribution in [0.2, 0.25) is 0 Å². The third kappa shape index (κ3) is 6.10. The molecule has 1 amide bonds. The average Bonchev–Trinajstić information content (AvgIpc) is 2.94. The summed E-state index contributed by atoms with van der Waals surface area (Å²) < 4.78 is 11.4. The summed E-state index contributed by atoms with van der Waals surface area (Å²) >= 11 is 0. The predicted octanol–water partition coefficient (Wildman–Crippen LogP) is 2.76. The number of alkyl carbamates (subject to hydrolysis) is 1. The van der Waals surface area contributed by atoms with E-state index in [4.69, 9.17) is 14.7 Å². The van der Waals surface area contributed by atoms with Gasteiger partial charge in [-0.3, -0.25) is 0 Å². The summed E-state index contributed by atoms with van der Waals surface area (Å²) in [5.74, 6) is 2.00. The fraction of sp³-hybridized carbons (Fsp3) is 0.652. The lowest BCUT2D eigenvalue weighted by Crippen LogP contribution is -2.55. The van der Waals surface area contributed by atoms with E-state index in [9.17, 15) is 4.79 Å². The minimum absolute atomic E-state index is 0.193. The smallest absolute Gasteiger partial charge is 0.408 e. The largest absolute Gasteiger partial charge is 0.491 e. The van der Waals surface area contributed by atoms with Crippen LogP contribution in [-0.4, -0.2) is 62.0 Å². The van der Waals surface area contributed by atoms with Gasteiger partial charge in [-0.05, 0) is 76.8 Å². The number of hydrogen-bond acceptors (Lipinski definition) is 6. The van der Waals surface area contributed by atoms with Gasteiger partial charge in [0.15, 0.2) is 0 Å². The van der Waals surface area contributed by atoms with Crippen molar-refractivity contribution < 1.29 is 14.3 Å². The minimum Gasteiger partial charge on any atom is -0.491 e. The van der Waals surface area contributed by atoms with Gasteiger partial charge in [0.1, 0.15) is 18.0 Å². The molecule has 1 saturated carbocycles. The van der Waals surface area contributed by atoms with E-state index in [0.717, 1.165) is 19.6 Å². The Kier molecular flexibility index (Phi) is 7.22. The van der Waals surface area contributed by atoms with E-state index in [0.29, 0.717) is 35.8 Å². The van der Waals surface area contributed by atoms with Gasteiger partial charge >= 0.3 is 6.09 Å². The Bertz CT molecular complexity index is 739. The second-order valence-electron chi connectivity index (χ2n) is 9.42. The summed E-state index contributed by atoms with van der Waals surface area (Å²) in [6.07, 6.45) is 2.10. The summed E-state index contributed by atoms with van der Waals surface area (Å²) in [6, 6.07) is 9.53. The summed E-state index contributed by atoms with van der Waals surface area (Å²) in [5.41, 5.74) is 0.0426. The van der Waals surface area contributed by atoms with Crippen LogP contribution < -0.4 is 15.4 Å². The number of ether oxygens (including phenoxy) is 2. The number of hydrogen-bond donors (Lipinski definition) is 2. The van der Waals surface area contributed by atoms with E-state index in [2.05, 4.69) is 28.7 Å². The highest BCUT2D eigenvalue weighted by molar-refractivity contribution is 5.68. The molecule has 7 nitrogen and oxygen atoms in total. The van der Waals surface area contributed by atoms with Crippen molar-refractivity contribution in [2.75, 3.05) is 33.3 Å². The summed E-state index contributed by atoms with van der Waals surface area (Å²) in [4.78, 5) is 14.8. The minimum atomic E-state index is -0.549. The SMILES string of the molecule is CNC1C2CCC1CN(C[C@@H](COc1ccc(C#N)cc1)NC(=O)OC(C)(C)C)C2. The Hall–Kier alpha value is -2.30. The normalized spacial score (nSPS) is 24.7. The molecule has 1 saturated heterocycles. The molecule has 1 aromatic carbocycles. The zero-order valence-corrected chi connectivity index (χ0v) is 18.5. The lowest BCUT2D eigenvalue weighted by Gasteiger charge is -2.39. The molecule has 2 fully saturated rings. The van der Waals surface area contributed by atoms with Gasteiger partial charge in [0, 0.05) is 25.7 Å². The third-order valence-electron chi connectivity index (χ3n) is 5.88. The molecule has 0 aromatic heterocycles. The Labute approximate surface area is 179 Å². The molecule has 30 heavy (non-hydrogen) atoms. The number of rotatable bonds is 7. The molecule has 0 radical (unpaired) electrons. The summed E-state index contributed by atoms with van der Waals surface area (Å²) in [7, 11) is 2.06. The van der Waals surface area contributed by atoms with Crippen LogP contribution in [-0.2, 0) is 4.74 Å². The Morgan fingerprint density at radius 1 is 1.23 bits per heavy atom. The summed E-state index contributed by atoms with van der Waals surface area (Å²) in [6.45, 7) is 8.70. The standard InChI is InChI=1S/C23H34N4O3/c1-23(2,3)30-22(28)26-19(15-29-20-9-5-16(11-24)6-10-20)14-27-12-17-7-8-18(13-27)21(17)25-4/h5-6,9-10,17-19,21,25H,7-8,12-15H2,1-4H3,(H,26,28)/t17?,18?,19-,21?/m0/s1. The zero-order chi connectivity index (χ0) is 21.7. The molecule has 3 atom stereocenters. The van der Waals surface area contributed by atoms with Crippen molar-refractivity contribution in [2.45, 2.75) is 51.3 Å². The van der Waals surface area contributed by atoms with Crippen molar-refractivity contribution in [1.82, 2.24) is 15.5 Å². The van der Waals surface area contributed by atoms with Crippen LogP contribution in [0.1, 0.15) is 39.2 Å². The number of likely N-dealkylation sites (tertiary alicyclic amines) is 1. The first-order valence-corrected chi connectivity index (χ1v) is 10.8. The topological polar surface area (TPSA) is 86.6 Å². The number of benzene rings is 1. The van der Waals surface area contributed by atoms with Crippen molar-refractivity contribution in [3.8, 4) is 11.8 Å². The lowest BCUT2D eigenvalue weighted by molar-refractivity contribution is 0.0449. The second-order valence-corrected chi connectivity index (χ2v) is 9.42. The molecule has 164 valence electrons. The number of nitriles is 1. The fourth-order valence-electron chi connectivity index (χ4n) is 4.69. The number of piperidine rings is 1. The monoisotopic (exact) mass is 414 g/mol. The van der Waals surface area contributed by atoms with Crippen LogP contribution in [0.3, 0.4) is 0 Å². The van der Waals surface area contributed by atoms with Crippen LogP contribution >= 0.6 is 0 Å². The van der Waals surface area contributed by atoms with Crippen LogP contribution in [0.15, 0.2) is 24.3 Å². The van der Waals surface area contributed by atoms with Crippen molar-refractivity contribution in [1.29, 1.82) is 5.26 Å². The van der Waals surface area contributed by atoms with Crippen LogP contribution in [0, 0.1) is 23.2 Å². The molecular weight excluding hydrogens is 380 g/mol. The number of fused-ring (bicyclic) bond motifs is 2. The van der Waals surface area contributed by atoms with E-state index < -0.39 is 11.7 Å². The first-order valence-electron chi connectivity index (χ1n) is 10.8. The van der Waals surface area contributed by atoms with E-state index in [1.54, 1.807) is 24.3 Å². The van der Waals surface area contributed by atoms with E-state index in [1.165, 1.54) is 12.8 Å². The van der Waals surface area contributed by atoms with Gasteiger partial charge in [-0.1, -0.05) is 0 Å². The maximum Gasteiger partial charge on any atom is 0.408 e. The van der Waals surface area contributed by atoms with Gasteiger partial charge in [0.25, 0.3) is 0 Å². The first kappa shape index (κ1) is 22.4. The van der Waals surface area contributed by atoms with Gasteiger partial charge < -0.3 is 25.0 Å². The molecule has 1 aliphatic carbocycles. The molecule has 1 aromatic rings. The second kappa shape index (κ2) is 9.67. The Morgan fingerprint density at radius 3 is 2.40 bits per heavy atom. The van der Waals surface area contributed by atoms with Gasteiger partial charge in [-0.2, -0.15) is 5.26 Å². The molecule has 2 aliphatic rings. The van der Waals surface area contributed by atoms with Crippen LogP contribution in [0.4, 0.5) is 4.79 Å². The Balaban J connectivity index is 1.61. The molecule has 1 heterocycles. The highest BCUT2D eigenvalue weighted by Crippen LogP contribution is 2.36. The molecule has 0 spiro atoms. The Morgan fingerprint density at radius 2 is 1.87 bits per heavy atom. The maximum absolute atomic E-state index is 12.4. The van der Waals surface area contributed by atoms with Crippen molar-refractivity contribution in [2.24, 2.45) is 11.8 Å². The van der Waals surface area contributed by atoms with E-state index in [-0.39, 0.29) is 6.04 Å². The molecular formula is C23H34N4O3. The van der Waals surface area contributed by atoms with Crippen molar-refractivity contribution in [3.63, 3.8) is 0 Å². The first-order chi connectivity index (χ1) is 14.3. The van der Waals surface area contributed by atoms with Crippen LogP contribution in [0.5, 0.6) is 5.75 Å².